The number of guanidine groups is 1. The van der Waals surface area contributed by atoms with Gasteiger partial charge in [0.05, 0.1) is 6.61 Å². The molecule has 0 atom stereocenters. The summed E-state index contributed by atoms with van der Waals surface area (Å²) in [6.45, 7) is 4.71. The summed E-state index contributed by atoms with van der Waals surface area (Å²) < 4.78 is 5.65. The van der Waals surface area contributed by atoms with Gasteiger partial charge in [-0.05, 0) is 30.7 Å². The molecule has 1 aromatic rings. The number of rotatable bonds is 10. The summed E-state index contributed by atoms with van der Waals surface area (Å²) in [6, 6.07) is 4.00. The summed E-state index contributed by atoms with van der Waals surface area (Å²) in [5.74, 6) is 2.32. The zero-order valence-electron chi connectivity index (χ0n) is 14.5. The van der Waals surface area contributed by atoms with Crippen molar-refractivity contribution in [3.63, 3.8) is 0 Å². The van der Waals surface area contributed by atoms with Gasteiger partial charge in [-0.2, -0.15) is 0 Å². The number of hydrogen-bond donors (Lipinski definition) is 2. The molecule has 1 saturated carbocycles. The van der Waals surface area contributed by atoms with Crippen LogP contribution in [0, 0.1) is 5.92 Å². The highest BCUT2D eigenvalue weighted by Gasteiger charge is 2.21. The quantitative estimate of drug-likeness (QED) is 0.395. The van der Waals surface area contributed by atoms with Gasteiger partial charge < -0.3 is 15.4 Å². The maximum atomic E-state index is 5.65. The maximum absolute atomic E-state index is 5.65. The van der Waals surface area contributed by atoms with Gasteiger partial charge in [0.25, 0.3) is 0 Å². The highest BCUT2D eigenvalue weighted by molar-refractivity contribution is 5.79. The number of pyridine rings is 1. The third kappa shape index (κ3) is 7.35. The van der Waals surface area contributed by atoms with Gasteiger partial charge in [-0.1, -0.05) is 32.3 Å². The molecule has 5 nitrogen and oxygen atoms in total. The van der Waals surface area contributed by atoms with E-state index in [0.717, 1.165) is 36.5 Å². The molecule has 1 aromatic heterocycles. The molecule has 1 fully saturated rings. The zero-order valence-corrected chi connectivity index (χ0v) is 14.5. The minimum atomic E-state index is 0.713. The highest BCUT2D eigenvalue weighted by atomic mass is 16.5. The minimum Gasteiger partial charge on any atom is -0.477 e. The van der Waals surface area contributed by atoms with Crippen molar-refractivity contribution in [1.82, 2.24) is 15.6 Å². The first-order valence-corrected chi connectivity index (χ1v) is 8.84. The Labute approximate surface area is 139 Å². The molecule has 128 valence electrons. The fraction of sp³-hybridized carbons (Fsp3) is 0.667. The second kappa shape index (κ2) is 10.1. The van der Waals surface area contributed by atoms with E-state index in [9.17, 15) is 0 Å². The van der Waals surface area contributed by atoms with Crippen LogP contribution in [0.4, 0.5) is 0 Å². The summed E-state index contributed by atoms with van der Waals surface area (Å²) in [5.41, 5.74) is 1.12. The summed E-state index contributed by atoms with van der Waals surface area (Å²) >= 11 is 0. The molecule has 1 heterocycles. The summed E-state index contributed by atoms with van der Waals surface area (Å²) in [6.07, 6.45) is 9.48. The molecule has 0 amide bonds. The molecule has 23 heavy (non-hydrogen) atoms. The van der Waals surface area contributed by atoms with Gasteiger partial charge in [0, 0.05) is 32.4 Å². The van der Waals surface area contributed by atoms with E-state index in [1.165, 1.54) is 38.5 Å². The standard InChI is InChI=1S/C18H30N4O/c1-3-4-5-6-11-20-18(19-2)22-13-16-9-10-17(21-12-16)23-14-15-7-8-15/h9-10,12,15H,3-8,11,13-14H2,1-2H3,(H2,19,20,22). The first kappa shape index (κ1) is 17.6. The van der Waals surface area contributed by atoms with Gasteiger partial charge in [-0.3, -0.25) is 4.99 Å². The molecule has 0 bridgehead atoms. The third-order valence-corrected chi connectivity index (χ3v) is 3.97. The van der Waals surface area contributed by atoms with E-state index in [2.05, 4.69) is 33.6 Å². The Balaban J connectivity index is 1.64. The van der Waals surface area contributed by atoms with Crippen LogP contribution in [-0.2, 0) is 6.54 Å². The lowest BCUT2D eigenvalue weighted by Crippen LogP contribution is -2.37. The van der Waals surface area contributed by atoms with Crippen LogP contribution in [0.25, 0.3) is 0 Å². The average Bonchev–Trinajstić information content (AvgIpc) is 3.41. The fourth-order valence-corrected chi connectivity index (χ4v) is 2.25. The molecule has 1 aliphatic carbocycles. The average molecular weight is 318 g/mol. The van der Waals surface area contributed by atoms with Crippen molar-refractivity contribution in [2.45, 2.75) is 52.0 Å². The maximum Gasteiger partial charge on any atom is 0.213 e. The monoisotopic (exact) mass is 318 g/mol. The van der Waals surface area contributed by atoms with Crippen LogP contribution in [0.15, 0.2) is 23.3 Å². The van der Waals surface area contributed by atoms with E-state index in [-0.39, 0.29) is 0 Å². The number of hydrogen-bond acceptors (Lipinski definition) is 3. The van der Waals surface area contributed by atoms with E-state index in [0.29, 0.717) is 6.54 Å². The third-order valence-electron chi connectivity index (χ3n) is 3.97. The number of aromatic nitrogens is 1. The van der Waals surface area contributed by atoms with Crippen molar-refractivity contribution in [2.24, 2.45) is 10.9 Å². The second-order valence-electron chi connectivity index (χ2n) is 6.17. The van der Waals surface area contributed by atoms with Crippen LogP contribution in [0.1, 0.15) is 51.0 Å². The lowest BCUT2D eigenvalue weighted by molar-refractivity contribution is 0.288. The van der Waals surface area contributed by atoms with Gasteiger partial charge in [0.2, 0.25) is 5.88 Å². The van der Waals surface area contributed by atoms with Gasteiger partial charge >= 0.3 is 0 Å². The predicted molar refractivity (Wildman–Crippen MR) is 94.8 cm³/mol. The molecule has 0 radical (unpaired) electrons. The van der Waals surface area contributed by atoms with Crippen molar-refractivity contribution < 1.29 is 4.74 Å². The molecule has 0 aromatic carbocycles. The smallest absolute Gasteiger partial charge is 0.213 e. The predicted octanol–water partition coefficient (Wildman–Crippen LogP) is 3.12. The van der Waals surface area contributed by atoms with Crippen molar-refractivity contribution in [2.75, 3.05) is 20.2 Å². The van der Waals surface area contributed by atoms with E-state index in [4.69, 9.17) is 4.74 Å². The Bertz CT molecular complexity index is 468. The van der Waals surface area contributed by atoms with Crippen LogP contribution in [0.2, 0.25) is 0 Å². The largest absolute Gasteiger partial charge is 0.477 e. The molecule has 2 rings (SSSR count). The van der Waals surface area contributed by atoms with Gasteiger partial charge in [0.1, 0.15) is 0 Å². The van der Waals surface area contributed by atoms with E-state index < -0.39 is 0 Å². The normalized spacial score (nSPS) is 14.6. The number of aliphatic imine (C=N–C) groups is 1. The molecular formula is C18H30N4O. The van der Waals surface area contributed by atoms with Gasteiger partial charge in [-0.15, -0.1) is 0 Å². The molecular weight excluding hydrogens is 288 g/mol. The molecule has 0 unspecified atom stereocenters. The number of nitrogens with zero attached hydrogens (tertiary/aromatic N) is 2. The van der Waals surface area contributed by atoms with Crippen molar-refractivity contribution >= 4 is 5.96 Å². The van der Waals surface area contributed by atoms with E-state index >= 15 is 0 Å². The van der Waals surface area contributed by atoms with Crippen molar-refractivity contribution in [3.8, 4) is 5.88 Å². The Hall–Kier alpha value is -1.78. The number of nitrogens with one attached hydrogen (secondary N) is 2. The van der Waals surface area contributed by atoms with Crippen molar-refractivity contribution in [3.05, 3.63) is 23.9 Å². The van der Waals surface area contributed by atoms with Gasteiger partial charge in [-0.25, -0.2) is 4.98 Å². The zero-order chi connectivity index (χ0) is 16.3. The lowest BCUT2D eigenvalue weighted by Gasteiger charge is -2.12. The number of unbranched alkanes of at least 4 members (excludes halogenated alkanes) is 3. The highest BCUT2D eigenvalue weighted by Crippen LogP contribution is 2.29. The van der Waals surface area contributed by atoms with Crippen LogP contribution in [0.3, 0.4) is 0 Å². The summed E-state index contributed by atoms with van der Waals surface area (Å²) in [4.78, 5) is 8.60. The molecule has 0 saturated heterocycles. The van der Waals surface area contributed by atoms with Crippen LogP contribution < -0.4 is 15.4 Å². The molecule has 0 aliphatic heterocycles. The second-order valence-corrected chi connectivity index (χ2v) is 6.17. The Morgan fingerprint density at radius 1 is 1.26 bits per heavy atom. The van der Waals surface area contributed by atoms with Gasteiger partial charge in [0.15, 0.2) is 5.96 Å². The Kier molecular flexibility index (Phi) is 7.70. The first-order valence-electron chi connectivity index (χ1n) is 8.84. The molecule has 2 N–H and O–H groups in total. The first-order chi connectivity index (χ1) is 11.3. The van der Waals surface area contributed by atoms with Crippen LogP contribution in [0.5, 0.6) is 5.88 Å². The molecule has 5 heteroatoms. The summed E-state index contributed by atoms with van der Waals surface area (Å²) in [5, 5.41) is 6.66. The Morgan fingerprint density at radius 2 is 2.13 bits per heavy atom. The summed E-state index contributed by atoms with van der Waals surface area (Å²) in [7, 11) is 1.80. The number of ether oxygens (including phenoxy) is 1. The SMILES string of the molecule is CCCCCCNC(=NC)NCc1ccc(OCC2CC2)nc1. The fourth-order valence-electron chi connectivity index (χ4n) is 2.25. The molecule has 1 aliphatic rings. The van der Waals surface area contributed by atoms with Crippen LogP contribution in [-0.4, -0.2) is 31.1 Å². The van der Waals surface area contributed by atoms with Crippen LogP contribution >= 0.6 is 0 Å². The van der Waals surface area contributed by atoms with E-state index in [1.54, 1.807) is 7.05 Å². The van der Waals surface area contributed by atoms with Crippen molar-refractivity contribution in [1.29, 1.82) is 0 Å². The Morgan fingerprint density at radius 3 is 2.78 bits per heavy atom. The minimum absolute atomic E-state index is 0.713. The lowest BCUT2D eigenvalue weighted by atomic mass is 10.2. The van der Waals surface area contributed by atoms with E-state index in [1.807, 2.05) is 12.3 Å². The topological polar surface area (TPSA) is 58.5 Å². The molecule has 0 spiro atoms.